The van der Waals surface area contributed by atoms with Crippen LogP contribution in [0.4, 0.5) is 5.69 Å². The number of carbonyl (C=O) groups is 1. The first-order valence-electron chi connectivity index (χ1n) is 5.56. The van der Waals surface area contributed by atoms with Crippen LogP contribution < -0.4 is 10.2 Å². The van der Waals surface area contributed by atoms with E-state index in [1.807, 2.05) is 30.1 Å². The van der Waals surface area contributed by atoms with E-state index in [4.69, 9.17) is 9.52 Å². The maximum atomic E-state index is 11.0. The van der Waals surface area contributed by atoms with Crippen LogP contribution in [-0.4, -0.2) is 42.7 Å². The normalized spacial score (nSPS) is 12.6. The van der Waals surface area contributed by atoms with Gasteiger partial charge in [-0.1, -0.05) is 0 Å². The first kappa shape index (κ1) is 12.4. The zero-order valence-electron chi connectivity index (χ0n) is 10.3. The van der Waals surface area contributed by atoms with Crippen LogP contribution in [0.3, 0.4) is 0 Å². The van der Waals surface area contributed by atoms with Gasteiger partial charge in [0, 0.05) is 25.3 Å². The number of carboxylic acids is 1. The Hall–Kier alpha value is -2.08. The van der Waals surface area contributed by atoms with Crippen LogP contribution in [0.15, 0.2) is 29.0 Å². The van der Waals surface area contributed by atoms with Crippen LogP contribution in [0.5, 0.6) is 0 Å². The molecule has 2 aromatic rings. The number of hydrogen-bond donors (Lipinski definition) is 2. The number of likely N-dealkylation sites (N-methyl/N-ethyl adjacent to an activating group) is 2. The molecule has 1 aromatic carbocycles. The lowest BCUT2D eigenvalue weighted by Crippen LogP contribution is -2.43. The fourth-order valence-electron chi connectivity index (χ4n) is 1.75. The average Bonchev–Trinajstić information content (AvgIpc) is 2.82. The Morgan fingerprint density at radius 1 is 1.61 bits per heavy atom. The van der Waals surface area contributed by atoms with E-state index in [-0.39, 0.29) is 0 Å². The number of rotatable bonds is 5. The summed E-state index contributed by atoms with van der Waals surface area (Å²) in [7, 11) is 3.47. The summed E-state index contributed by atoms with van der Waals surface area (Å²) in [4.78, 5) is 16.8. The molecule has 96 valence electrons. The summed E-state index contributed by atoms with van der Waals surface area (Å²) in [5.41, 5.74) is 2.37. The number of nitrogens with zero attached hydrogens (tertiary/aromatic N) is 2. The largest absolute Gasteiger partial charge is 0.480 e. The molecule has 0 amide bonds. The number of aliphatic carboxylic acids is 1. The van der Waals surface area contributed by atoms with E-state index >= 15 is 0 Å². The topological polar surface area (TPSA) is 78.6 Å². The molecule has 1 heterocycles. The van der Waals surface area contributed by atoms with Gasteiger partial charge in [-0.05, 0) is 19.2 Å². The van der Waals surface area contributed by atoms with Crippen molar-refractivity contribution < 1.29 is 14.3 Å². The minimum atomic E-state index is -0.870. The Morgan fingerprint density at radius 3 is 3.06 bits per heavy atom. The van der Waals surface area contributed by atoms with Gasteiger partial charge in [0.2, 0.25) is 0 Å². The quantitative estimate of drug-likeness (QED) is 0.821. The molecule has 0 saturated carbocycles. The number of anilines is 1. The van der Waals surface area contributed by atoms with E-state index in [2.05, 4.69) is 10.3 Å². The van der Waals surface area contributed by atoms with Crippen molar-refractivity contribution in [1.82, 2.24) is 10.3 Å². The molecule has 18 heavy (non-hydrogen) atoms. The van der Waals surface area contributed by atoms with Crippen molar-refractivity contribution in [3.05, 3.63) is 24.6 Å². The molecule has 0 bridgehead atoms. The Kier molecular flexibility index (Phi) is 3.47. The molecule has 0 radical (unpaired) electrons. The van der Waals surface area contributed by atoms with Gasteiger partial charge in [-0.25, -0.2) is 4.98 Å². The van der Waals surface area contributed by atoms with Crippen molar-refractivity contribution in [2.45, 2.75) is 6.04 Å². The lowest BCUT2D eigenvalue weighted by atomic mass is 10.2. The lowest BCUT2D eigenvalue weighted by molar-refractivity contribution is -0.139. The molecule has 0 spiro atoms. The lowest BCUT2D eigenvalue weighted by Gasteiger charge is -2.23. The minimum Gasteiger partial charge on any atom is -0.480 e. The molecule has 0 aliphatic heterocycles. The van der Waals surface area contributed by atoms with Crippen LogP contribution in [0.25, 0.3) is 11.1 Å². The Balaban J connectivity index is 2.16. The van der Waals surface area contributed by atoms with Crippen LogP contribution in [0.2, 0.25) is 0 Å². The minimum absolute atomic E-state index is 0.367. The number of aromatic nitrogens is 1. The average molecular weight is 249 g/mol. The maximum Gasteiger partial charge on any atom is 0.322 e. The van der Waals surface area contributed by atoms with Gasteiger partial charge in [-0.3, -0.25) is 4.79 Å². The number of fused-ring (bicyclic) bond motifs is 1. The highest BCUT2D eigenvalue weighted by atomic mass is 16.4. The first-order valence-corrected chi connectivity index (χ1v) is 5.56. The second-order valence-corrected chi connectivity index (χ2v) is 4.06. The summed E-state index contributed by atoms with van der Waals surface area (Å²) in [6, 6.07) is 4.97. The summed E-state index contributed by atoms with van der Waals surface area (Å²) in [5.74, 6) is -0.870. The summed E-state index contributed by atoms with van der Waals surface area (Å²) in [6.45, 7) is 0.367. The van der Waals surface area contributed by atoms with Gasteiger partial charge in [0.1, 0.15) is 11.6 Å². The van der Waals surface area contributed by atoms with E-state index in [1.54, 1.807) is 7.05 Å². The molecular weight excluding hydrogens is 234 g/mol. The maximum absolute atomic E-state index is 11.0. The van der Waals surface area contributed by atoms with E-state index in [1.165, 1.54) is 6.39 Å². The van der Waals surface area contributed by atoms with Crippen LogP contribution >= 0.6 is 0 Å². The molecule has 0 aliphatic rings. The highest BCUT2D eigenvalue weighted by Crippen LogP contribution is 2.20. The molecule has 6 nitrogen and oxygen atoms in total. The highest BCUT2D eigenvalue weighted by Gasteiger charge is 2.17. The number of hydrogen-bond acceptors (Lipinski definition) is 5. The second-order valence-electron chi connectivity index (χ2n) is 4.06. The van der Waals surface area contributed by atoms with Crippen LogP contribution in [0, 0.1) is 0 Å². The molecule has 6 heteroatoms. The Labute approximate surface area is 104 Å². The van der Waals surface area contributed by atoms with Gasteiger partial charge in [0.25, 0.3) is 0 Å². The zero-order chi connectivity index (χ0) is 13.1. The van der Waals surface area contributed by atoms with E-state index in [9.17, 15) is 4.79 Å². The Morgan fingerprint density at radius 2 is 2.39 bits per heavy atom. The fourth-order valence-corrected chi connectivity index (χ4v) is 1.75. The number of carboxylic acid groups (broad SMARTS) is 1. The van der Waals surface area contributed by atoms with Gasteiger partial charge in [0.15, 0.2) is 12.0 Å². The SMILES string of the molecule is CNC(CN(C)c1ccc2ncoc2c1)C(=O)O. The molecule has 2 N–H and O–H groups in total. The van der Waals surface area contributed by atoms with Crippen LogP contribution in [-0.2, 0) is 4.79 Å². The van der Waals surface area contributed by atoms with Crippen molar-refractivity contribution >= 4 is 22.8 Å². The fraction of sp³-hybridized carbons (Fsp3) is 0.333. The summed E-state index contributed by atoms with van der Waals surface area (Å²) < 4.78 is 5.22. The molecule has 0 aliphatic carbocycles. The van der Waals surface area contributed by atoms with Crippen molar-refractivity contribution in [2.24, 2.45) is 0 Å². The zero-order valence-corrected chi connectivity index (χ0v) is 10.3. The molecule has 0 saturated heterocycles. The molecule has 1 atom stereocenters. The molecule has 0 fully saturated rings. The predicted molar refractivity (Wildman–Crippen MR) is 67.8 cm³/mol. The van der Waals surface area contributed by atoms with Gasteiger partial charge >= 0.3 is 5.97 Å². The number of benzene rings is 1. The third-order valence-electron chi connectivity index (χ3n) is 2.86. The van der Waals surface area contributed by atoms with Gasteiger partial charge < -0.3 is 19.7 Å². The van der Waals surface area contributed by atoms with Crippen molar-refractivity contribution in [1.29, 1.82) is 0 Å². The predicted octanol–water partition coefficient (Wildman–Crippen LogP) is 0.937. The van der Waals surface area contributed by atoms with Gasteiger partial charge in [-0.15, -0.1) is 0 Å². The standard InChI is InChI=1S/C12H15N3O3/c1-13-10(12(16)17)6-15(2)8-3-4-9-11(5-8)18-7-14-9/h3-5,7,10,13H,6H2,1-2H3,(H,16,17). The number of oxazole rings is 1. The molecule has 1 unspecified atom stereocenters. The third kappa shape index (κ3) is 2.43. The van der Waals surface area contributed by atoms with Crippen LogP contribution in [0.1, 0.15) is 0 Å². The van der Waals surface area contributed by atoms with Crippen molar-refractivity contribution in [2.75, 3.05) is 25.5 Å². The van der Waals surface area contributed by atoms with E-state index < -0.39 is 12.0 Å². The molecule has 2 rings (SSSR count). The first-order chi connectivity index (χ1) is 8.61. The van der Waals surface area contributed by atoms with Crippen molar-refractivity contribution in [3.63, 3.8) is 0 Å². The molecule has 1 aromatic heterocycles. The van der Waals surface area contributed by atoms with Gasteiger partial charge in [0.05, 0.1) is 0 Å². The molecular formula is C12H15N3O3. The van der Waals surface area contributed by atoms with Gasteiger partial charge in [-0.2, -0.15) is 0 Å². The Bertz CT molecular complexity index is 552. The van der Waals surface area contributed by atoms with Crippen molar-refractivity contribution in [3.8, 4) is 0 Å². The summed E-state index contributed by atoms with van der Waals surface area (Å²) in [6.07, 6.45) is 1.39. The van der Waals surface area contributed by atoms with E-state index in [0.29, 0.717) is 12.1 Å². The number of nitrogens with one attached hydrogen (secondary N) is 1. The summed E-state index contributed by atoms with van der Waals surface area (Å²) in [5, 5.41) is 11.7. The second kappa shape index (κ2) is 5.05. The highest BCUT2D eigenvalue weighted by molar-refractivity contribution is 5.78. The van der Waals surface area contributed by atoms with E-state index in [0.717, 1.165) is 11.2 Å². The monoisotopic (exact) mass is 249 g/mol. The smallest absolute Gasteiger partial charge is 0.322 e. The third-order valence-corrected chi connectivity index (χ3v) is 2.86. The summed E-state index contributed by atoms with van der Waals surface area (Å²) >= 11 is 0.